The van der Waals surface area contributed by atoms with Crippen molar-refractivity contribution in [3.8, 4) is 11.3 Å². The lowest BCUT2D eigenvalue weighted by Gasteiger charge is -2.09. The van der Waals surface area contributed by atoms with E-state index in [4.69, 9.17) is 5.73 Å². The number of hydrogen-bond acceptors (Lipinski definition) is 8. The molecule has 10 heteroatoms. The topological polar surface area (TPSA) is 128 Å². The fraction of sp³-hybridized carbons (Fsp3) is 0.0435. The summed E-state index contributed by atoms with van der Waals surface area (Å²) in [7, 11) is 0. The number of thiophene rings is 1. The zero-order chi connectivity index (χ0) is 22.8. The summed E-state index contributed by atoms with van der Waals surface area (Å²) in [6, 6.07) is 14.5. The van der Waals surface area contributed by atoms with Crippen molar-refractivity contribution in [1.29, 1.82) is 0 Å². The van der Waals surface area contributed by atoms with E-state index < -0.39 is 5.91 Å². The third-order valence-corrected chi connectivity index (χ3v) is 5.91. The summed E-state index contributed by atoms with van der Waals surface area (Å²) in [5.41, 5.74) is 9.37. The van der Waals surface area contributed by atoms with Gasteiger partial charge in [-0.1, -0.05) is 30.3 Å². The summed E-state index contributed by atoms with van der Waals surface area (Å²) in [6.45, 7) is 0. The molecule has 1 aromatic carbocycles. The maximum Gasteiger partial charge on any atom is 0.258 e. The summed E-state index contributed by atoms with van der Waals surface area (Å²) >= 11 is 1.26. The van der Waals surface area contributed by atoms with E-state index in [-0.39, 0.29) is 12.2 Å². The van der Waals surface area contributed by atoms with Crippen molar-refractivity contribution in [3.05, 3.63) is 88.8 Å². The van der Waals surface area contributed by atoms with Crippen LogP contribution in [0.15, 0.2) is 72.6 Å². The Morgan fingerprint density at radius 2 is 1.88 bits per heavy atom. The number of carbonyl (C=O) groups is 2. The van der Waals surface area contributed by atoms with Gasteiger partial charge in [0.1, 0.15) is 6.33 Å². The number of aromatic nitrogens is 5. The predicted molar refractivity (Wildman–Crippen MR) is 125 cm³/mol. The Hall–Kier alpha value is -4.44. The fourth-order valence-corrected chi connectivity index (χ4v) is 4.09. The minimum Gasteiger partial charge on any atom is -0.365 e. The number of fused-ring (bicyclic) bond motifs is 1. The molecule has 0 aliphatic heterocycles. The van der Waals surface area contributed by atoms with Crippen LogP contribution in [0, 0.1) is 0 Å². The number of primary amides is 1. The average molecular weight is 456 g/mol. The number of amides is 1. The highest BCUT2D eigenvalue weighted by Crippen LogP contribution is 2.27. The van der Waals surface area contributed by atoms with Gasteiger partial charge in [0.05, 0.1) is 35.1 Å². The van der Waals surface area contributed by atoms with Crippen LogP contribution in [-0.4, -0.2) is 36.3 Å². The van der Waals surface area contributed by atoms with Gasteiger partial charge in [0, 0.05) is 22.2 Å². The zero-order valence-electron chi connectivity index (χ0n) is 17.2. The van der Waals surface area contributed by atoms with Crippen molar-refractivity contribution in [2.45, 2.75) is 6.42 Å². The molecular weight excluding hydrogens is 438 g/mol. The highest BCUT2D eigenvalue weighted by Gasteiger charge is 2.15. The normalized spacial score (nSPS) is 10.9. The molecule has 5 rings (SSSR count). The van der Waals surface area contributed by atoms with E-state index in [2.05, 4.69) is 25.4 Å². The molecule has 33 heavy (non-hydrogen) atoms. The lowest BCUT2D eigenvalue weighted by molar-refractivity contribution is 0.0987. The molecule has 162 valence electrons. The Morgan fingerprint density at radius 1 is 1.03 bits per heavy atom. The van der Waals surface area contributed by atoms with E-state index in [9.17, 15) is 9.59 Å². The highest BCUT2D eigenvalue weighted by atomic mass is 32.1. The first-order chi connectivity index (χ1) is 16.1. The third-order valence-electron chi connectivity index (χ3n) is 4.97. The second-order valence-electron chi connectivity index (χ2n) is 7.18. The number of pyridine rings is 1. The maximum atomic E-state index is 12.4. The molecule has 0 saturated heterocycles. The molecule has 4 aromatic heterocycles. The van der Waals surface area contributed by atoms with Crippen LogP contribution < -0.4 is 11.1 Å². The van der Waals surface area contributed by atoms with Gasteiger partial charge >= 0.3 is 0 Å². The van der Waals surface area contributed by atoms with Crippen LogP contribution in [-0.2, 0) is 6.42 Å². The molecule has 0 spiro atoms. The molecule has 0 radical (unpaired) electrons. The number of carbonyl (C=O) groups excluding carboxylic acids is 2. The van der Waals surface area contributed by atoms with E-state index in [1.54, 1.807) is 41.2 Å². The predicted octanol–water partition coefficient (Wildman–Crippen LogP) is 3.52. The quantitative estimate of drug-likeness (QED) is 0.359. The molecule has 0 fully saturated rings. The third kappa shape index (κ3) is 4.19. The second-order valence-corrected chi connectivity index (χ2v) is 8.09. The number of hydrogen-bond donors (Lipinski definition) is 2. The monoisotopic (exact) mass is 455 g/mol. The van der Waals surface area contributed by atoms with Crippen molar-refractivity contribution in [3.63, 3.8) is 0 Å². The molecule has 4 heterocycles. The number of nitrogens with zero attached hydrogens (tertiary/aromatic N) is 5. The van der Waals surface area contributed by atoms with Crippen molar-refractivity contribution >= 4 is 40.2 Å². The number of rotatable bonds is 7. The van der Waals surface area contributed by atoms with Crippen LogP contribution in [0.25, 0.3) is 16.9 Å². The van der Waals surface area contributed by atoms with Crippen LogP contribution in [0.3, 0.4) is 0 Å². The summed E-state index contributed by atoms with van der Waals surface area (Å²) in [5, 5.41) is 9.31. The number of Topliss-reactive ketones (excluding diaryl/α,β-unsaturated/α-hetero) is 1. The van der Waals surface area contributed by atoms with Gasteiger partial charge < -0.3 is 11.1 Å². The SMILES string of the molecule is NC(=O)c1cc(-c2cnc(Nc3ccc(CC(=O)c4ccccc4)nc3)c3ncnn23)cs1. The molecule has 0 aliphatic rings. The van der Waals surface area contributed by atoms with Crippen molar-refractivity contribution in [1.82, 2.24) is 24.6 Å². The van der Waals surface area contributed by atoms with Crippen LogP contribution >= 0.6 is 11.3 Å². The molecule has 9 nitrogen and oxygen atoms in total. The van der Waals surface area contributed by atoms with Gasteiger partial charge in [0.2, 0.25) is 0 Å². The largest absolute Gasteiger partial charge is 0.365 e. The smallest absolute Gasteiger partial charge is 0.258 e. The first-order valence-electron chi connectivity index (χ1n) is 9.96. The fourth-order valence-electron chi connectivity index (χ4n) is 3.33. The summed E-state index contributed by atoms with van der Waals surface area (Å²) in [5.74, 6) is 0.0319. The van der Waals surface area contributed by atoms with E-state index in [1.165, 1.54) is 17.7 Å². The Kier molecular flexibility index (Phi) is 5.33. The second kappa shape index (κ2) is 8.60. The molecule has 0 bridgehead atoms. The van der Waals surface area contributed by atoms with Crippen LogP contribution in [0.5, 0.6) is 0 Å². The standard InChI is InChI=1S/C23H17N7O2S/c24-21(32)20-8-15(12-33-20)18-11-26-22(23-27-13-28-30(18)23)29-17-7-6-16(25-10-17)9-19(31)14-4-2-1-3-5-14/h1-8,10-13H,9H2,(H2,24,32)(H,26,29). The molecule has 0 saturated carbocycles. The van der Waals surface area contributed by atoms with Gasteiger partial charge in [0.25, 0.3) is 5.91 Å². The first-order valence-corrected chi connectivity index (χ1v) is 10.8. The van der Waals surface area contributed by atoms with Gasteiger partial charge in [-0.25, -0.2) is 14.5 Å². The van der Waals surface area contributed by atoms with Crippen LogP contribution in [0.2, 0.25) is 0 Å². The lowest BCUT2D eigenvalue weighted by atomic mass is 10.1. The molecular formula is C23H17N7O2S. The number of ketones is 1. The van der Waals surface area contributed by atoms with Crippen LogP contribution in [0.4, 0.5) is 11.5 Å². The summed E-state index contributed by atoms with van der Waals surface area (Å²) in [4.78, 5) is 37.5. The Labute approximate surface area is 192 Å². The van der Waals surface area contributed by atoms with Gasteiger partial charge in [-0.05, 0) is 18.2 Å². The van der Waals surface area contributed by atoms with Gasteiger partial charge in [-0.15, -0.1) is 11.3 Å². The minimum absolute atomic E-state index is 0.0131. The van der Waals surface area contributed by atoms with Gasteiger partial charge in [-0.2, -0.15) is 5.10 Å². The number of benzene rings is 1. The molecule has 1 amide bonds. The molecule has 0 aliphatic carbocycles. The van der Waals surface area contributed by atoms with Crippen molar-refractivity contribution < 1.29 is 9.59 Å². The summed E-state index contributed by atoms with van der Waals surface area (Å²) < 4.78 is 1.64. The lowest BCUT2D eigenvalue weighted by Crippen LogP contribution is -2.08. The zero-order valence-corrected chi connectivity index (χ0v) is 18.0. The Morgan fingerprint density at radius 3 is 2.61 bits per heavy atom. The first kappa shape index (κ1) is 20.5. The Bertz CT molecular complexity index is 1460. The Balaban J connectivity index is 1.36. The number of nitrogens with two attached hydrogens (primary N) is 1. The highest BCUT2D eigenvalue weighted by molar-refractivity contribution is 7.12. The minimum atomic E-state index is -0.478. The van der Waals surface area contributed by atoms with E-state index in [0.29, 0.717) is 39.0 Å². The van der Waals surface area contributed by atoms with E-state index >= 15 is 0 Å². The molecule has 0 atom stereocenters. The molecule has 3 N–H and O–H groups in total. The van der Waals surface area contributed by atoms with E-state index in [1.807, 2.05) is 29.6 Å². The summed E-state index contributed by atoms with van der Waals surface area (Å²) in [6.07, 6.45) is 4.95. The maximum absolute atomic E-state index is 12.4. The number of anilines is 2. The van der Waals surface area contributed by atoms with Crippen molar-refractivity contribution in [2.75, 3.05) is 5.32 Å². The van der Waals surface area contributed by atoms with Gasteiger partial charge in [0.15, 0.2) is 17.2 Å². The van der Waals surface area contributed by atoms with Crippen LogP contribution in [0.1, 0.15) is 25.7 Å². The number of nitrogens with one attached hydrogen (secondary N) is 1. The van der Waals surface area contributed by atoms with Gasteiger partial charge in [-0.3, -0.25) is 14.6 Å². The van der Waals surface area contributed by atoms with Crippen molar-refractivity contribution in [2.24, 2.45) is 5.73 Å². The van der Waals surface area contributed by atoms with E-state index in [0.717, 1.165) is 5.56 Å². The molecule has 0 unspecified atom stereocenters. The average Bonchev–Trinajstić information content (AvgIpc) is 3.52. The molecule has 5 aromatic rings.